The van der Waals surface area contributed by atoms with E-state index in [1.54, 1.807) is 18.2 Å². The number of aromatic hydroxyl groups is 1. The van der Waals surface area contributed by atoms with E-state index in [9.17, 15) is 9.50 Å². The van der Waals surface area contributed by atoms with Crippen LogP contribution in [0.25, 0.3) is 0 Å². The molecule has 0 fully saturated rings. The summed E-state index contributed by atoms with van der Waals surface area (Å²) >= 11 is 0. The van der Waals surface area contributed by atoms with E-state index in [2.05, 4.69) is 6.92 Å². The van der Waals surface area contributed by atoms with E-state index in [1.807, 2.05) is 12.1 Å². The lowest BCUT2D eigenvalue weighted by Crippen LogP contribution is -1.90. The Morgan fingerprint density at radius 2 is 1.65 bits per heavy atom. The summed E-state index contributed by atoms with van der Waals surface area (Å²) in [6.45, 7) is 2.05. The normalized spacial score (nSPS) is 10.5. The lowest BCUT2D eigenvalue weighted by atomic mass is 10.0. The van der Waals surface area contributed by atoms with E-state index >= 15 is 0 Å². The van der Waals surface area contributed by atoms with Crippen molar-refractivity contribution < 1.29 is 9.50 Å². The minimum atomic E-state index is -0.237. The SMILES string of the molecule is CCc1ccc(Cc2ccc(F)cc2)c(O)c1. The topological polar surface area (TPSA) is 20.2 Å². The van der Waals surface area contributed by atoms with Gasteiger partial charge in [0.15, 0.2) is 0 Å². The molecule has 2 aromatic rings. The number of phenols is 1. The van der Waals surface area contributed by atoms with Gasteiger partial charge in [0.2, 0.25) is 0 Å². The number of phenolic OH excluding ortho intramolecular Hbond substituents is 1. The maximum Gasteiger partial charge on any atom is 0.123 e. The van der Waals surface area contributed by atoms with Crippen LogP contribution in [0.15, 0.2) is 42.5 Å². The summed E-state index contributed by atoms with van der Waals surface area (Å²) in [6, 6.07) is 12.1. The number of hydrogen-bond acceptors (Lipinski definition) is 1. The molecule has 0 aromatic heterocycles. The fourth-order valence-electron chi connectivity index (χ4n) is 1.80. The quantitative estimate of drug-likeness (QED) is 0.852. The fraction of sp³-hybridized carbons (Fsp3) is 0.200. The molecule has 0 spiro atoms. The average molecular weight is 230 g/mol. The second-order valence-electron chi connectivity index (χ2n) is 4.12. The highest BCUT2D eigenvalue weighted by Gasteiger charge is 2.03. The average Bonchev–Trinajstić information content (AvgIpc) is 2.34. The van der Waals surface area contributed by atoms with E-state index in [1.165, 1.54) is 12.1 Å². The van der Waals surface area contributed by atoms with Gasteiger partial charge in [-0.25, -0.2) is 4.39 Å². The Balaban J connectivity index is 2.21. The molecule has 0 saturated heterocycles. The molecule has 0 saturated carbocycles. The van der Waals surface area contributed by atoms with Gasteiger partial charge in [0.05, 0.1) is 0 Å². The molecule has 0 aliphatic carbocycles. The second-order valence-corrected chi connectivity index (χ2v) is 4.12. The maximum absolute atomic E-state index is 12.8. The molecule has 0 bridgehead atoms. The third-order valence-electron chi connectivity index (χ3n) is 2.87. The first-order valence-electron chi connectivity index (χ1n) is 5.74. The molecule has 17 heavy (non-hydrogen) atoms. The second kappa shape index (κ2) is 5.00. The monoisotopic (exact) mass is 230 g/mol. The van der Waals surface area contributed by atoms with Gasteiger partial charge < -0.3 is 5.11 Å². The lowest BCUT2D eigenvalue weighted by Gasteiger charge is -2.06. The highest BCUT2D eigenvalue weighted by molar-refractivity contribution is 5.39. The minimum absolute atomic E-state index is 0.237. The zero-order valence-corrected chi connectivity index (χ0v) is 9.78. The van der Waals surface area contributed by atoms with Crippen LogP contribution >= 0.6 is 0 Å². The van der Waals surface area contributed by atoms with E-state index in [0.29, 0.717) is 12.2 Å². The maximum atomic E-state index is 12.8. The molecule has 0 radical (unpaired) electrons. The molecule has 88 valence electrons. The first kappa shape index (κ1) is 11.6. The Morgan fingerprint density at radius 3 is 2.24 bits per heavy atom. The largest absolute Gasteiger partial charge is 0.508 e. The molecule has 2 aromatic carbocycles. The van der Waals surface area contributed by atoms with Crippen molar-refractivity contribution in [3.8, 4) is 5.75 Å². The molecule has 1 nitrogen and oxygen atoms in total. The number of benzene rings is 2. The van der Waals surface area contributed by atoms with Crippen molar-refractivity contribution in [1.82, 2.24) is 0 Å². The van der Waals surface area contributed by atoms with E-state index in [-0.39, 0.29) is 5.82 Å². The molecular formula is C15H15FO. The highest BCUT2D eigenvalue weighted by Crippen LogP contribution is 2.22. The zero-order valence-electron chi connectivity index (χ0n) is 9.78. The first-order valence-corrected chi connectivity index (χ1v) is 5.74. The van der Waals surface area contributed by atoms with Crippen LogP contribution in [-0.2, 0) is 12.8 Å². The number of rotatable bonds is 3. The number of aryl methyl sites for hydroxylation is 1. The van der Waals surface area contributed by atoms with E-state index < -0.39 is 0 Å². The van der Waals surface area contributed by atoms with E-state index in [0.717, 1.165) is 23.1 Å². The third kappa shape index (κ3) is 2.84. The molecule has 2 rings (SSSR count). The van der Waals surface area contributed by atoms with Crippen LogP contribution in [0.5, 0.6) is 5.75 Å². The van der Waals surface area contributed by atoms with Gasteiger partial charge >= 0.3 is 0 Å². The van der Waals surface area contributed by atoms with Gasteiger partial charge in [0.1, 0.15) is 11.6 Å². The van der Waals surface area contributed by atoms with Crippen molar-refractivity contribution in [2.45, 2.75) is 19.8 Å². The Hall–Kier alpha value is -1.83. The molecule has 0 heterocycles. The molecule has 0 aliphatic heterocycles. The minimum Gasteiger partial charge on any atom is -0.508 e. The smallest absolute Gasteiger partial charge is 0.123 e. The summed E-state index contributed by atoms with van der Waals surface area (Å²) in [4.78, 5) is 0. The van der Waals surface area contributed by atoms with Crippen molar-refractivity contribution in [2.75, 3.05) is 0 Å². The highest BCUT2D eigenvalue weighted by atomic mass is 19.1. The Labute approximate surface area is 101 Å². The third-order valence-corrected chi connectivity index (χ3v) is 2.87. The van der Waals surface area contributed by atoms with Crippen molar-refractivity contribution in [3.63, 3.8) is 0 Å². The van der Waals surface area contributed by atoms with Gasteiger partial charge in [0, 0.05) is 6.42 Å². The Morgan fingerprint density at radius 1 is 1.00 bits per heavy atom. The Kier molecular flexibility index (Phi) is 3.43. The van der Waals surface area contributed by atoms with Gasteiger partial charge in [-0.2, -0.15) is 0 Å². The molecular weight excluding hydrogens is 215 g/mol. The predicted octanol–water partition coefficient (Wildman–Crippen LogP) is 3.68. The van der Waals surface area contributed by atoms with Gasteiger partial charge in [-0.1, -0.05) is 31.2 Å². The van der Waals surface area contributed by atoms with Crippen LogP contribution in [0.3, 0.4) is 0 Å². The molecule has 0 amide bonds. The summed E-state index contributed by atoms with van der Waals surface area (Å²) in [7, 11) is 0. The van der Waals surface area contributed by atoms with Crippen molar-refractivity contribution in [2.24, 2.45) is 0 Å². The van der Waals surface area contributed by atoms with Gasteiger partial charge in [-0.15, -0.1) is 0 Å². The molecule has 0 atom stereocenters. The summed E-state index contributed by atoms with van der Waals surface area (Å²) in [5, 5.41) is 9.86. The van der Waals surface area contributed by atoms with Gasteiger partial charge in [-0.3, -0.25) is 0 Å². The van der Waals surface area contributed by atoms with Crippen LogP contribution in [0.1, 0.15) is 23.6 Å². The fourth-order valence-corrected chi connectivity index (χ4v) is 1.80. The summed E-state index contributed by atoms with van der Waals surface area (Å²) in [5.74, 6) is 0.0768. The molecule has 0 aliphatic rings. The number of halogens is 1. The van der Waals surface area contributed by atoms with Crippen LogP contribution < -0.4 is 0 Å². The standard InChI is InChI=1S/C15H15FO/c1-2-11-3-6-13(15(17)10-11)9-12-4-7-14(16)8-5-12/h3-8,10,17H,2,9H2,1H3. The predicted molar refractivity (Wildman–Crippen MR) is 66.7 cm³/mol. The summed E-state index contributed by atoms with van der Waals surface area (Å²) in [5.41, 5.74) is 2.98. The molecule has 0 unspecified atom stereocenters. The summed E-state index contributed by atoms with van der Waals surface area (Å²) < 4.78 is 12.8. The zero-order chi connectivity index (χ0) is 12.3. The Bertz CT molecular complexity index is 503. The lowest BCUT2D eigenvalue weighted by molar-refractivity contribution is 0.468. The summed E-state index contributed by atoms with van der Waals surface area (Å²) in [6.07, 6.45) is 1.53. The van der Waals surface area contributed by atoms with Crippen LogP contribution in [0.2, 0.25) is 0 Å². The van der Waals surface area contributed by atoms with Crippen molar-refractivity contribution in [3.05, 3.63) is 65.0 Å². The van der Waals surface area contributed by atoms with Crippen LogP contribution in [0, 0.1) is 5.82 Å². The van der Waals surface area contributed by atoms with Crippen LogP contribution in [-0.4, -0.2) is 5.11 Å². The molecule has 1 N–H and O–H groups in total. The van der Waals surface area contributed by atoms with Gasteiger partial charge in [0.25, 0.3) is 0 Å². The molecule has 2 heteroatoms. The van der Waals surface area contributed by atoms with Crippen molar-refractivity contribution >= 4 is 0 Å². The number of hydrogen-bond donors (Lipinski definition) is 1. The van der Waals surface area contributed by atoms with Crippen molar-refractivity contribution in [1.29, 1.82) is 0 Å². The first-order chi connectivity index (χ1) is 8.19. The van der Waals surface area contributed by atoms with Gasteiger partial charge in [-0.05, 0) is 41.3 Å². The van der Waals surface area contributed by atoms with Crippen LogP contribution in [0.4, 0.5) is 4.39 Å². The van der Waals surface area contributed by atoms with E-state index in [4.69, 9.17) is 0 Å².